The summed E-state index contributed by atoms with van der Waals surface area (Å²) in [6.45, 7) is 4.05. The van der Waals surface area contributed by atoms with Crippen LogP contribution in [0, 0.1) is 5.92 Å². The minimum atomic E-state index is -0.255. The molecule has 1 saturated carbocycles. The lowest BCUT2D eigenvalue weighted by Gasteiger charge is -2.41. The van der Waals surface area contributed by atoms with Gasteiger partial charge in [-0.3, -0.25) is 4.79 Å². The molecule has 14 heavy (non-hydrogen) atoms. The van der Waals surface area contributed by atoms with Crippen LogP contribution in [0.15, 0.2) is 0 Å². The van der Waals surface area contributed by atoms with Crippen LogP contribution in [0.2, 0.25) is 0 Å². The number of morpholine rings is 1. The highest BCUT2D eigenvalue weighted by Crippen LogP contribution is 2.31. The number of amides is 1. The average molecular weight is 197 g/mol. The van der Waals surface area contributed by atoms with Gasteiger partial charge in [-0.25, -0.2) is 0 Å². The number of hydrogen-bond acceptors (Lipinski definition) is 2. The molecule has 0 aromatic rings. The topological polar surface area (TPSA) is 38.3 Å². The monoisotopic (exact) mass is 197 g/mol. The summed E-state index contributed by atoms with van der Waals surface area (Å²) in [5.41, 5.74) is 0. The Kier molecular flexibility index (Phi) is 2.77. The van der Waals surface area contributed by atoms with Gasteiger partial charge in [-0.15, -0.1) is 0 Å². The first-order valence-corrected chi connectivity index (χ1v) is 5.66. The molecule has 0 spiro atoms. The molecule has 4 atom stereocenters. The lowest BCUT2D eigenvalue weighted by Crippen LogP contribution is -2.57. The average Bonchev–Trinajstić information content (AvgIpc) is 2.19. The van der Waals surface area contributed by atoms with Crippen molar-refractivity contribution in [2.45, 2.75) is 57.8 Å². The van der Waals surface area contributed by atoms with Crippen molar-refractivity contribution in [2.24, 2.45) is 5.92 Å². The Balaban J connectivity index is 1.98. The zero-order valence-electron chi connectivity index (χ0n) is 8.95. The lowest BCUT2D eigenvalue weighted by molar-refractivity contribution is -0.151. The van der Waals surface area contributed by atoms with Crippen LogP contribution in [0.1, 0.15) is 39.5 Å². The van der Waals surface area contributed by atoms with Gasteiger partial charge in [0.2, 0.25) is 5.91 Å². The quantitative estimate of drug-likeness (QED) is 0.691. The fourth-order valence-corrected chi connectivity index (χ4v) is 2.54. The van der Waals surface area contributed by atoms with E-state index in [1.54, 1.807) is 0 Å². The third kappa shape index (κ3) is 1.78. The van der Waals surface area contributed by atoms with Crippen molar-refractivity contribution in [3.63, 3.8) is 0 Å². The van der Waals surface area contributed by atoms with Crippen LogP contribution in [0.25, 0.3) is 0 Å². The molecule has 4 unspecified atom stereocenters. The molecule has 2 fully saturated rings. The summed E-state index contributed by atoms with van der Waals surface area (Å²) in [5.74, 6) is 0.830. The fourth-order valence-electron chi connectivity index (χ4n) is 2.54. The van der Waals surface area contributed by atoms with Crippen LogP contribution in [-0.4, -0.2) is 24.2 Å². The lowest BCUT2D eigenvalue weighted by atomic mass is 9.81. The van der Waals surface area contributed by atoms with Crippen LogP contribution < -0.4 is 5.32 Å². The molecule has 0 aromatic heterocycles. The van der Waals surface area contributed by atoms with Crippen LogP contribution in [0.4, 0.5) is 0 Å². The third-order valence-corrected chi connectivity index (χ3v) is 3.55. The van der Waals surface area contributed by atoms with Crippen molar-refractivity contribution in [1.82, 2.24) is 5.32 Å². The maximum Gasteiger partial charge on any atom is 0.249 e. The van der Waals surface area contributed by atoms with Gasteiger partial charge in [0.05, 0.1) is 12.1 Å². The summed E-state index contributed by atoms with van der Waals surface area (Å²) in [5, 5.41) is 3.07. The van der Waals surface area contributed by atoms with Gasteiger partial charge in [0, 0.05) is 0 Å². The zero-order chi connectivity index (χ0) is 10.1. The second-order valence-electron chi connectivity index (χ2n) is 4.52. The second-order valence-corrected chi connectivity index (χ2v) is 4.52. The van der Waals surface area contributed by atoms with Gasteiger partial charge >= 0.3 is 0 Å². The van der Waals surface area contributed by atoms with Crippen molar-refractivity contribution in [3.05, 3.63) is 0 Å². The molecule has 2 aliphatic rings. The van der Waals surface area contributed by atoms with Crippen LogP contribution >= 0.6 is 0 Å². The summed E-state index contributed by atoms with van der Waals surface area (Å²) in [6.07, 6.45) is 4.68. The van der Waals surface area contributed by atoms with Gasteiger partial charge in [0.1, 0.15) is 6.10 Å². The van der Waals surface area contributed by atoms with E-state index < -0.39 is 0 Å². The normalized spacial score (nSPS) is 42.9. The van der Waals surface area contributed by atoms with Crippen molar-refractivity contribution < 1.29 is 9.53 Å². The largest absolute Gasteiger partial charge is 0.363 e. The highest BCUT2D eigenvalue weighted by molar-refractivity contribution is 5.81. The Labute approximate surface area is 85.2 Å². The summed E-state index contributed by atoms with van der Waals surface area (Å²) in [7, 11) is 0. The van der Waals surface area contributed by atoms with Crippen LogP contribution in [0.3, 0.4) is 0 Å². The van der Waals surface area contributed by atoms with E-state index in [4.69, 9.17) is 4.74 Å². The van der Waals surface area contributed by atoms with E-state index in [0.29, 0.717) is 0 Å². The van der Waals surface area contributed by atoms with Gasteiger partial charge in [-0.1, -0.05) is 13.3 Å². The molecule has 1 N–H and O–H groups in total. The number of nitrogens with one attached hydrogen (secondary N) is 1. The third-order valence-electron chi connectivity index (χ3n) is 3.55. The van der Waals surface area contributed by atoms with E-state index >= 15 is 0 Å². The van der Waals surface area contributed by atoms with Crippen molar-refractivity contribution in [3.8, 4) is 0 Å². The molecule has 2 rings (SSSR count). The van der Waals surface area contributed by atoms with Gasteiger partial charge < -0.3 is 10.1 Å². The molecule has 0 aromatic carbocycles. The summed E-state index contributed by atoms with van der Waals surface area (Å²) < 4.78 is 5.68. The molecule has 0 bridgehead atoms. The second kappa shape index (κ2) is 3.89. The number of ether oxygens (including phenoxy) is 1. The Bertz CT molecular complexity index is 229. The summed E-state index contributed by atoms with van der Waals surface area (Å²) >= 11 is 0. The number of fused-ring (bicyclic) bond motifs is 1. The van der Waals surface area contributed by atoms with E-state index in [9.17, 15) is 4.79 Å². The van der Waals surface area contributed by atoms with Crippen LogP contribution in [0.5, 0.6) is 0 Å². The SMILES string of the molecule is CCC1CCC2OC(C)C(=O)NC2C1. The predicted molar refractivity (Wildman–Crippen MR) is 53.9 cm³/mol. The van der Waals surface area contributed by atoms with E-state index in [2.05, 4.69) is 12.2 Å². The fraction of sp³-hybridized carbons (Fsp3) is 0.909. The maximum absolute atomic E-state index is 11.4. The Morgan fingerprint density at radius 2 is 2.29 bits per heavy atom. The standard InChI is InChI=1S/C11H19NO2/c1-3-8-4-5-10-9(6-8)12-11(13)7(2)14-10/h7-10H,3-6H2,1-2H3,(H,12,13). The van der Waals surface area contributed by atoms with Crippen molar-refractivity contribution >= 4 is 5.91 Å². The van der Waals surface area contributed by atoms with Gasteiger partial charge in [-0.05, 0) is 32.1 Å². The molecule has 3 nitrogen and oxygen atoms in total. The number of carbonyl (C=O) groups is 1. The molecular formula is C11H19NO2. The molecule has 0 radical (unpaired) electrons. The molecule has 80 valence electrons. The maximum atomic E-state index is 11.4. The van der Waals surface area contributed by atoms with E-state index in [1.807, 2.05) is 6.92 Å². The molecular weight excluding hydrogens is 178 g/mol. The molecule has 1 amide bonds. The summed E-state index contributed by atoms with van der Waals surface area (Å²) in [6, 6.07) is 0.275. The van der Waals surface area contributed by atoms with Gasteiger partial charge in [0.25, 0.3) is 0 Å². The number of rotatable bonds is 1. The Hall–Kier alpha value is -0.570. The van der Waals surface area contributed by atoms with E-state index in [1.165, 1.54) is 12.8 Å². The summed E-state index contributed by atoms with van der Waals surface area (Å²) in [4.78, 5) is 11.4. The molecule has 1 saturated heterocycles. The zero-order valence-corrected chi connectivity index (χ0v) is 8.95. The van der Waals surface area contributed by atoms with Crippen molar-refractivity contribution in [2.75, 3.05) is 0 Å². The van der Waals surface area contributed by atoms with Crippen molar-refractivity contribution in [1.29, 1.82) is 0 Å². The molecule has 1 heterocycles. The number of hydrogen-bond donors (Lipinski definition) is 1. The van der Waals surface area contributed by atoms with Crippen LogP contribution in [-0.2, 0) is 9.53 Å². The molecule has 1 aliphatic heterocycles. The minimum absolute atomic E-state index is 0.0583. The highest BCUT2D eigenvalue weighted by Gasteiger charge is 2.37. The first-order valence-electron chi connectivity index (χ1n) is 5.66. The molecule has 1 aliphatic carbocycles. The highest BCUT2D eigenvalue weighted by atomic mass is 16.5. The van der Waals surface area contributed by atoms with E-state index in [0.717, 1.165) is 18.8 Å². The predicted octanol–water partition coefficient (Wildman–Crippen LogP) is 1.47. The first-order chi connectivity index (χ1) is 6.70. The Morgan fingerprint density at radius 1 is 1.50 bits per heavy atom. The number of carbonyl (C=O) groups excluding carboxylic acids is 1. The molecule has 3 heteroatoms. The van der Waals surface area contributed by atoms with Gasteiger partial charge in [0.15, 0.2) is 0 Å². The Morgan fingerprint density at radius 3 is 3.00 bits per heavy atom. The minimum Gasteiger partial charge on any atom is -0.363 e. The van der Waals surface area contributed by atoms with Gasteiger partial charge in [-0.2, -0.15) is 0 Å². The van der Waals surface area contributed by atoms with E-state index in [-0.39, 0.29) is 24.2 Å². The first kappa shape index (κ1) is 9.97. The smallest absolute Gasteiger partial charge is 0.249 e.